The smallest absolute Gasteiger partial charge is 0.389 e. The molecule has 0 aromatic heterocycles. The number of benzene rings is 2. The number of rotatable bonds is 9. The van der Waals surface area contributed by atoms with Gasteiger partial charge >= 0.3 is 6.18 Å². The van der Waals surface area contributed by atoms with E-state index in [1.54, 1.807) is 13.8 Å². The minimum Gasteiger partial charge on any atom is -0.490 e. The second-order valence-corrected chi connectivity index (χ2v) is 13.6. The van der Waals surface area contributed by atoms with Crippen LogP contribution < -0.4 is 9.46 Å². The van der Waals surface area contributed by atoms with Crippen LogP contribution in [0.3, 0.4) is 0 Å². The zero-order valence-corrected chi connectivity index (χ0v) is 27.7. The molecule has 15 heteroatoms. The van der Waals surface area contributed by atoms with Gasteiger partial charge in [0.25, 0.3) is 15.9 Å². The highest BCUT2D eigenvalue weighted by atomic mass is 32.2. The minimum atomic E-state index is -4.47. The lowest BCUT2D eigenvalue weighted by atomic mass is 10.0. The summed E-state index contributed by atoms with van der Waals surface area (Å²) in [6.45, 7) is 5.14. The predicted molar refractivity (Wildman–Crippen MR) is 167 cm³/mol. The number of halogens is 4. The van der Waals surface area contributed by atoms with Gasteiger partial charge in [-0.3, -0.25) is 14.3 Å². The summed E-state index contributed by atoms with van der Waals surface area (Å²) in [5.74, 6) is -2.11. The van der Waals surface area contributed by atoms with Crippen LogP contribution in [-0.2, 0) is 19.6 Å². The van der Waals surface area contributed by atoms with E-state index in [-0.39, 0.29) is 41.1 Å². The fourth-order valence-electron chi connectivity index (χ4n) is 5.09. The van der Waals surface area contributed by atoms with Crippen LogP contribution in [0.15, 0.2) is 47.4 Å². The fraction of sp³-hybridized carbons (Fsp3) is 0.562. The number of nitrogens with zero attached hydrogens (tertiary/aromatic N) is 2. The molecule has 0 bridgehead atoms. The van der Waals surface area contributed by atoms with Gasteiger partial charge in [0.2, 0.25) is 5.91 Å². The molecule has 0 radical (unpaired) electrons. The van der Waals surface area contributed by atoms with Crippen LogP contribution in [0.5, 0.6) is 5.75 Å². The Balaban J connectivity index is 1.95. The van der Waals surface area contributed by atoms with Crippen molar-refractivity contribution in [1.82, 2.24) is 9.80 Å². The molecule has 1 heterocycles. The number of amides is 2. The normalized spacial score (nSPS) is 20.8. The number of alkyl halides is 3. The number of ether oxygens (including phenoxy) is 2. The number of anilines is 1. The SMILES string of the molecule is C[C@@H]1CCCCO[C@H](CN(C)C(=O)CCC(F)(F)F)[C@@H](C)CN([C@H](C)CO)C(=O)c2cc(NS(=O)(=O)c3ccc(F)cc3)ccc2O1. The molecule has 0 unspecified atom stereocenters. The van der Waals surface area contributed by atoms with Crippen LogP contribution in [0.25, 0.3) is 0 Å². The molecule has 262 valence electrons. The van der Waals surface area contributed by atoms with Crippen LogP contribution in [0.2, 0.25) is 0 Å². The first-order valence-corrected chi connectivity index (χ1v) is 16.9. The summed E-state index contributed by atoms with van der Waals surface area (Å²) in [5, 5.41) is 10.1. The first kappa shape index (κ1) is 38.0. The average molecular weight is 690 g/mol. The van der Waals surface area contributed by atoms with Crippen LogP contribution in [-0.4, -0.2) is 92.9 Å². The standard InChI is InChI=1S/C32H43F4N3O7S/c1-21-18-39(22(2)20-40)31(42)27-17-25(37-47(43,44)26-11-8-24(33)9-12-26)10-13-28(27)46-23(3)7-5-6-16-45-29(21)19-38(4)30(41)14-15-32(34,35)36/h8-13,17,21-23,29,37,40H,5-7,14-16,18-20H2,1-4H3/t21-,22+,23+,29+/m0/s1. The highest BCUT2D eigenvalue weighted by Gasteiger charge is 2.32. The topological polar surface area (TPSA) is 125 Å². The second-order valence-electron chi connectivity index (χ2n) is 12.0. The molecule has 2 aromatic carbocycles. The lowest BCUT2D eigenvalue weighted by Gasteiger charge is -2.36. The van der Waals surface area contributed by atoms with E-state index in [4.69, 9.17) is 9.47 Å². The molecule has 2 amide bonds. The maximum absolute atomic E-state index is 14.2. The lowest BCUT2D eigenvalue weighted by molar-refractivity contribution is -0.149. The van der Waals surface area contributed by atoms with Crippen molar-refractivity contribution >= 4 is 27.5 Å². The Hall–Kier alpha value is -3.43. The first-order valence-electron chi connectivity index (χ1n) is 15.4. The summed E-state index contributed by atoms with van der Waals surface area (Å²) in [4.78, 5) is 29.1. The van der Waals surface area contributed by atoms with Gasteiger partial charge in [0.1, 0.15) is 11.6 Å². The summed E-state index contributed by atoms with van der Waals surface area (Å²) >= 11 is 0. The van der Waals surface area contributed by atoms with E-state index >= 15 is 0 Å². The van der Waals surface area contributed by atoms with Gasteiger partial charge in [-0.15, -0.1) is 0 Å². The van der Waals surface area contributed by atoms with Gasteiger partial charge in [0.05, 0.1) is 41.7 Å². The number of sulfonamides is 1. The Bertz CT molecular complexity index is 1460. The summed E-state index contributed by atoms with van der Waals surface area (Å²) < 4.78 is 92.3. The van der Waals surface area contributed by atoms with E-state index in [2.05, 4.69) is 4.72 Å². The number of carbonyl (C=O) groups is 2. The number of fused-ring (bicyclic) bond motifs is 1. The van der Waals surface area contributed by atoms with Crippen molar-refractivity contribution < 1.29 is 50.1 Å². The molecule has 1 aliphatic heterocycles. The zero-order chi connectivity index (χ0) is 34.9. The fourth-order valence-corrected chi connectivity index (χ4v) is 6.14. The highest BCUT2D eigenvalue weighted by Crippen LogP contribution is 2.30. The molecule has 1 aliphatic rings. The number of likely N-dealkylation sites (N-methyl/N-ethyl adjacent to an activating group) is 1. The Kier molecular flexibility index (Phi) is 13.4. The quantitative estimate of drug-likeness (QED) is 0.346. The molecule has 0 saturated heterocycles. The molecular formula is C32H43F4N3O7S. The third-order valence-electron chi connectivity index (χ3n) is 7.93. The first-order chi connectivity index (χ1) is 22.0. The monoisotopic (exact) mass is 689 g/mol. The number of aliphatic hydroxyl groups excluding tert-OH is 1. The number of carbonyl (C=O) groups excluding carboxylic acids is 2. The van der Waals surface area contributed by atoms with Crippen molar-refractivity contribution in [2.45, 2.75) is 82.2 Å². The Morgan fingerprint density at radius 3 is 2.47 bits per heavy atom. The van der Waals surface area contributed by atoms with Crippen molar-refractivity contribution in [1.29, 1.82) is 0 Å². The summed E-state index contributed by atoms with van der Waals surface area (Å²) in [7, 11) is -2.74. The van der Waals surface area contributed by atoms with Crippen molar-refractivity contribution in [3.63, 3.8) is 0 Å². The van der Waals surface area contributed by atoms with E-state index in [0.717, 1.165) is 24.3 Å². The third kappa shape index (κ3) is 11.4. The van der Waals surface area contributed by atoms with Crippen molar-refractivity contribution in [3.8, 4) is 5.75 Å². The maximum atomic E-state index is 14.2. The Labute approximate surface area is 273 Å². The number of hydrogen-bond donors (Lipinski definition) is 2. The molecule has 10 nitrogen and oxygen atoms in total. The van der Waals surface area contributed by atoms with Gasteiger partial charge in [-0.05, 0) is 75.6 Å². The van der Waals surface area contributed by atoms with E-state index < -0.39 is 71.3 Å². The maximum Gasteiger partial charge on any atom is 0.389 e. The summed E-state index contributed by atoms with van der Waals surface area (Å²) in [6, 6.07) is 7.79. The molecular weight excluding hydrogens is 646 g/mol. The van der Waals surface area contributed by atoms with Gasteiger partial charge in [0, 0.05) is 44.8 Å². The highest BCUT2D eigenvalue weighted by molar-refractivity contribution is 7.92. The number of hydrogen-bond acceptors (Lipinski definition) is 7. The largest absolute Gasteiger partial charge is 0.490 e. The van der Waals surface area contributed by atoms with Crippen molar-refractivity contribution in [2.75, 3.05) is 38.1 Å². The summed E-state index contributed by atoms with van der Waals surface area (Å²) in [6.07, 6.45) is -5.50. The molecule has 47 heavy (non-hydrogen) atoms. The number of nitrogens with one attached hydrogen (secondary N) is 1. The molecule has 3 rings (SSSR count). The molecule has 4 atom stereocenters. The number of aliphatic hydroxyl groups is 1. The molecule has 0 aliphatic carbocycles. The van der Waals surface area contributed by atoms with Gasteiger partial charge in [-0.1, -0.05) is 6.92 Å². The zero-order valence-electron chi connectivity index (χ0n) is 26.9. The van der Waals surface area contributed by atoms with Crippen LogP contribution in [0, 0.1) is 11.7 Å². The van der Waals surface area contributed by atoms with Gasteiger partial charge in [-0.2, -0.15) is 13.2 Å². The molecule has 2 aromatic rings. The van der Waals surface area contributed by atoms with Crippen LogP contribution >= 0.6 is 0 Å². The molecule has 0 fully saturated rings. The molecule has 0 spiro atoms. The van der Waals surface area contributed by atoms with Gasteiger partial charge < -0.3 is 24.4 Å². The van der Waals surface area contributed by atoms with E-state index in [1.807, 2.05) is 6.92 Å². The van der Waals surface area contributed by atoms with Crippen LogP contribution in [0.4, 0.5) is 23.2 Å². The van der Waals surface area contributed by atoms with E-state index in [9.17, 15) is 40.7 Å². The third-order valence-corrected chi connectivity index (χ3v) is 9.33. The lowest BCUT2D eigenvalue weighted by Crippen LogP contribution is -2.48. The summed E-state index contributed by atoms with van der Waals surface area (Å²) in [5.41, 5.74) is 0.0706. The predicted octanol–water partition coefficient (Wildman–Crippen LogP) is 5.22. The van der Waals surface area contributed by atoms with Crippen molar-refractivity contribution in [3.05, 3.63) is 53.8 Å². The Morgan fingerprint density at radius 2 is 1.83 bits per heavy atom. The van der Waals surface area contributed by atoms with Gasteiger partial charge in [0.15, 0.2) is 0 Å². The van der Waals surface area contributed by atoms with E-state index in [1.165, 1.54) is 35.0 Å². The molecule has 0 saturated carbocycles. The van der Waals surface area contributed by atoms with Crippen LogP contribution in [0.1, 0.15) is 63.2 Å². The van der Waals surface area contributed by atoms with E-state index in [0.29, 0.717) is 25.9 Å². The Morgan fingerprint density at radius 1 is 1.15 bits per heavy atom. The average Bonchev–Trinajstić information content (AvgIpc) is 3.00. The second kappa shape index (κ2) is 16.6. The molecule has 2 N–H and O–H groups in total. The minimum absolute atomic E-state index is 0.0151. The van der Waals surface area contributed by atoms with Crippen molar-refractivity contribution in [2.24, 2.45) is 5.92 Å². The van der Waals surface area contributed by atoms with Gasteiger partial charge in [-0.25, -0.2) is 12.8 Å².